The van der Waals surface area contributed by atoms with Gasteiger partial charge in [-0.15, -0.1) is 11.3 Å². The third kappa shape index (κ3) is 5.13. The Balaban J connectivity index is 2.14. The first-order valence-corrected chi connectivity index (χ1v) is 8.96. The predicted molar refractivity (Wildman–Crippen MR) is 99.3 cm³/mol. The van der Waals surface area contributed by atoms with Crippen LogP contribution in [-0.2, 0) is 14.3 Å². The minimum Gasteiger partial charge on any atom is -0.466 e. The summed E-state index contributed by atoms with van der Waals surface area (Å²) in [6.45, 7) is 1.87. The first-order valence-electron chi connectivity index (χ1n) is 8.08. The van der Waals surface area contributed by atoms with E-state index in [0.29, 0.717) is 10.4 Å². The molecule has 0 radical (unpaired) electrons. The Morgan fingerprint density at radius 3 is 2.58 bits per heavy atom. The molecule has 1 N–H and O–H groups in total. The molecule has 0 fully saturated rings. The van der Waals surface area contributed by atoms with Crippen molar-refractivity contribution in [2.45, 2.75) is 19.4 Å². The van der Waals surface area contributed by atoms with Crippen LogP contribution < -0.4 is 10.2 Å². The van der Waals surface area contributed by atoms with E-state index in [4.69, 9.17) is 4.74 Å². The van der Waals surface area contributed by atoms with Gasteiger partial charge in [0, 0.05) is 25.2 Å². The number of esters is 1. The van der Waals surface area contributed by atoms with Gasteiger partial charge >= 0.3 is 5.97 Å². The molecule has 0 spiro atoms. The Morgan fingerprint density at radius 1 is 1.27 bits per heavy atom. The fourth-order valence-electron chi connectivity index (χ4n) is 2.22. The van der Waals surface area contributed by atoms with Crippen LogP contribution in [0.15, 0.2) is 35.8 Å². The van der Waals surface area contributed by atoms with E-state index in [2.05, 4.69) is 10.3 Å². The zero-order valence-corrected chi connectivity index (χ0v) is 15.7. The number of ketones is 1. The summed E-state index contributed by atoms with van der Waals surface area (Å²) >= 11 is 1.33. The quantitative estimate of drug-likeness (QED) is 0.562. The van der Waals surface area contributed by atoms with Crippen molar-refractivity contribution in [2.24, 2.45) is 0 Å². The maximum atomic E-state index is 12.5. The number of thiophene rings is 1. The lowest BCUT2D eigenvalue weighted by Gasteiger charge is -2.17. The molecular weight excluding hydrogens is 354 g/mol. The van der Waals surface area contributed by atoms with E-state index in [1.165, 1.54) is 17.5 Å². The standard InChI is InChI=1S/C18H21N3O4S/c1-4-25-16(23)10-13(22)17(14-6-5-9-26-14)20-18(24)12-7-8-15(19-11-12)21(2)3/h5-9,11,17H,4,10H2,1-3H3,(H,20,24). The fourth-order valence-corrected chi connectivity index (χ4v) is 3.02. The molecule has 8 heteroatoms. The first-order chi connectivity index (χ1) is 12.4. The van der Waals surface area contributed by atoms with Gasteiger partial charge in [0.2, 0.25) is 0 Å². The average Bonchev–Trinajstić information content (AvgIpc) is 3.13. The summed E-state index contributed by atoms with van der Waals surface area (Å²) in [5.74, 6) is -0.740. The molecule has 1 amide bonds. The number of Topliss-reactive ketones (excluding diaryl/α,β-unsaturated/α-hetero) is 1. The van der Waals surface area contributed by atoms with Crippen LogP contribution >= 0.6 is 11.3 Å². The lowest BCUT2D eigenvalue weighted by molar-refractivity contribution is -0.145. The minimum absolute atomic E-state index is 0.200. The smallest absolute Gasteiger partial charge is 0.313 e. The van der Waals surface area contributed by atoms with Crippen molar-refractivity contribution in [3.8, 4) is 0 Å². The number of nitrogens with zero attached hydrogens (tertiary/aromatic N) is 2. The summed E-state index contributed by atoms with van der Waals surface area (Å²) in [6.07, 6.45) is 1.06. The molecule has 0 saturated carbocycles. The van der Waals surface area contributed by atoms with Crippen LogP contribution in [-0.4, -0.2) is 43.3 Å². The van der Waals surface area contributed by atoms with Crippen molar-refractivity contribution >= 4 is 34.8 Å². The van der Waals surface area contributed by atoms with Gasteiger partial charge < -0.3 is 15.0 Å². The second-order valence-corrected chi connectivity index (χ2v) is 6.65. The number of hydrogen-bond acceptors (Lipinski definition) is 7. The lowest BCUT2D eigenvalue weighted by atomic mass is 10.1. The molecule has 2 aromatic heterocycles. The highest BCUT2D eigenvalue weighted by Crippen LogP contribution is 2.22. The number of amides is 1. The van der Waals surface area contributed by atoms with E-state index in [9.17, 15) is 14.4 Å². The summed E-state index contributed by atoms with van der Waals surface area (Å²) in [5, 5.41) is 4.50. The van der Waals surface area contributed by atoms with Crippen molar-refractivity contribution in [1.82, 2.24) is 10.3 Å². The molecule has 0 bridgehead atoms. The number of carbonyl (C=O) groups excluding carboxylic acids is 3. The SMILES string of the molecule is CCOC(=O)CC(=O)C(NC(=O)c1ccc(N(C)C)nc1)c1cccs1. The molecule has 7 nitrogen and oxygen atoms in total. The van der Waals surface area contributed by atoms with Gasteiger partial charge in [-0.1, -0.05) is 6.07 Å². The summed E-state index contributed by atoms with van der Waals surface area (Å²) in [6, 6.07) is 5.98. The number of hydrogen-bond donors (Lipinski definition) is 1. The summed E-state index contributed by atoms with van der Waals surface area (Å²) in [5.41, 5.74) is 0.334. The van der Waals surface area contributed by atoms with Gasteiger partial charge in [0.15, 0.2) is 5.78 Å². The molecule has 1 unspecified atom stereocenters. The largest absolute Gasteiger partial charge is 0.466 e. The van der Waals surface area contributed by atoms with Crippen LogP contribution in [0.1, 0.15) is 34.6 Å². The summed E-state index contributed by atoms with van der Waals surface area (Å²) < 4.78 is 4.82. The number of anilines is 1. The number of pyridine rings is 1. The normalized spacial score (nSPS) is 11.5. The van der Waals surface area contributed by atoms with Gasteiger partial charge in [-0.25, -0.2) is 4.98 Å². The first kappa shape index (κ1) is 19.6. The minimum atomic E-state index is -0.902. The van der Waals surface area contributed by atoms with E-state index >= 15 is 0 Å². The molecule has 0 saturated heterocycles. The number of aromatic nitrogens is 1. The molecule has 0 aliphatic carbocycles. The second kappa shape index (κ2) is 9.10. The van der Waals surface area contributed by atoms with E-state index in [1.54, 1.807) is 36.6 Å². The Hall–Kier alpha value is -2.74. The summed E-state index contributed by atoms with van der Waals surface area (Å²) in [4.78, 5) is 43.3. The van der Waals surface area contributed by atoms with Gasteiger partial charge in [0.1, 0.15) is 18.3 Å². The molecule has 138 valence electrons. The van der Waals surface area contributed by atoms with Crippen LogP contribution in [0.5, 0.6) is 0 Å². The van der Waals surface area contributed by atoms with E-state index < -0.39 is 30.1 Å². The van der Waals surface area contributed by atoms with Crippen molar-refractivity contribution < 1.29 is 19.1 Å². The van der Waals surface area contributed by atoms with Gasteiger partial charge in [-0.05, 0) is 30.5 Å². The fraction of sp³-hybridized carbons (Fsp3) is 0.333. The molecular formula is C18H21N3O4S. The highest BCUT2D eigenvalue weighted by atomic mass is 32.1. The van der Waals surface area contributed by atoms with Gasteiger partial charge in [0.05, 0.1) is 12.2 Å². The number of ether oxygens (including phenoxy) is 1. The third-order valence-corrected chi connectivity index (χ3v) is 4.45. The molecule has 1 atom stereocenters. The highest BCUT2D eigenvalue weighted by Gasteiger charge is 2.26. The third-order valence-electron chi connectivity index (χ3n) is 3.52. The monoisotopic (exact) mass is 375 g/mol. The average molecular weight is 375 g/mol. The molecule has 0 aromatic carbocycles. The van der Waals surface area contributed by atoms with Crippen LogP contribution in [0, 0.1) is 0 Å². The Morgan fingerprint density at radius 2 is 2.04 bits per heavy atom. The van der Waals surface area contributed by atoms with Crippen molar-refractivity contribution in [2.75, 3.05) is 25.6 Å². The zero-order valence-electron chi connectivity index (χ0n) is 14.9. The van der Waals surface area contributed by atoms with E-state index in [1.807, 2.05) is 19.0 Å². The maximum Gasteiger partial charge on any atom is 0.313 e. The summed E-state index contributed by atoms with van der Waals surface area (Å²) in [7, 11) is 3.70. The van der Waals surface area contributed by atoms with E-state index in [0.717, 1.165) is 5.82 Å². The van der Waals surface area contributed by atoms with Gasteiger partial charge in [0.25, 0.3) is 5.91 Å². The van der Waals surface area contributed by atoms with Crippen LogP contribution in [0.3, 0.4) is 0 Å². The lowest BCUT2D eigenvalue weighted by Crippen LogP contribution is -2.34. The second-order valence-electron chi connectivity index (χ2n) is 5.67. The topological polar surface area (TPSA) is 88.6 Å². The Bertz CT molecular complexity index is 757. The highest BCUT2D eigenvalue weighted by molar-refractivity contribution is 7.10. The zero-order chi connectivity index (χ0) is 19.1. The van der Waals surface area contributed by atoms with Crippen LogP contribution in [0.4, 0.5) is 5.82 Å². The molecule has 0 aliphatic heterocycles. The molecule has 2 rings (SSSR count). The Kier molecular flexibility index (Phi) is 6.85. The number of carbonyl (C=O) groups is 3. The van der Waals surface area contributed by atoms with Gasteiger partial charge in [-0.3, -0.25) is 14.4 Å². The number of nitrogens with one attached hydrogen (secondary N) is 1. The van der Waals surface area contributed by atoms with Crippen LogP contribution in [0.2, 0.25) is 0 Å². The van der Waals surface area contributed by atoms with Crippen molar-refractivity contribution in [1.29, 1.82) is 0 Å². The molecule has 26 heavy (non-hydrogen) atoms. The Labute approximate surface area is 156 Å². The van der Waals surface area contributed by atoms with Gasteiger partial charge in [-0.2, -0.15) is 0 Å². The van der Waals surface area contributed by atoms with E-state index in [-0.39, 0.29) is 6.61 Å². The number of rotatable bonds is 8. The molecule has 2 heterocycles. The van der Waals surface area contributed by atoms with Crippen molar-refractivity contribution in [3.63, 3.8) is 0 Å². The molecule has 0 aliphatic rings. The maximum absolute atomic E-state index is 12.5. The van der Waals surface area contributed by atoms with Crippen molar-refractivity contribution in [3.05, 3.63) is 46.3 Å². The molecule has 2 aromatic rings. The van der Waals surface area contributed by atoms with Crippen LogP contribution in [0.25, 0.3) is 0 Å². The predicted octanol–water partition coefficient (Wildman–Crippen LogP) is 2.20.